The number of nitrogens with zero attached hydrogens (tertiary/aromatic N) is 2. The van der Waals surface area contributed by atoms with E-state index >= 15 is 0 Å². The van der Waals surface area contributed by atoms with Gasteiger partial charge in [0.05, 0.1) is 18.7 Å². The Hall–Kier alpha value is -3.35. The second-order valence-corrected chi connectivity index (χ2v) is 9.95. The van der Waals surface area contributed by atoms with Gasteiger partial charge in [-0.2, -0.15) is 0 Å². The number of piperidine rings is 1. The summed E-state index contributed by atoms with van der Waals surface area (Å²) >= 11 is 6.06. The number of aromatic nitrogens is 1. The standard InChI is InChI=1S/C30H31ClN2O4/c31-23-7-5-21(6-8-23)22-11-16-33(17-12-22)15-2-4-25-26-3-1-14-32-28(26)20-37-29-10-9-24(19-27(25)29)36-18-13-30(34)35/h1,3-10,14,19,22H,2,11-13,15-18,20H2,(H,34,35)/b25-4+. The van der Waals surface area contributed by atoms with Crippen molar-refractivity contribution < 1.29 is 19.4 Å². The molecule has 3 heterocycles. The molecule has 2 aromatic carbocycles. The number of hydrogen-bond donors (Lipinski definition) is 1. The molecule has 1 N–H and O–H groups in total. The number of benzene rings is 2. The highest BCUT2D eigenvalue weighted by Crippen LogP contribution is 2.38. The molecule has 0 radical (unpaired) electrons. The number of halogens is 1. The molecule has 5 rings (SSSR count). The van der Waals surface area contributed by atoms with Crippen LogP contribution in [0.1, 0.15) is 54.0 Å². The van der Waals surface area contributed by atoms with E-state index in [0.717, 1.165) is 72.1 Å². The Bertz CT molecular complexity index is 1270. The number of carbonyl (C=O) groups is 1. The van der Waals surface area contributed by atoms with Gasteiger partial charge in [0.15, 0.2) is 0 Å². The number of ether oxygens (including phenoxy) is 2. The summed E-state index contributed by atoms with van der Waals surface area (Å²) in [4.78, 5) is 18.0. The van der Waals surface area contributed by atoms with Crippen molar-refractivity contribution >= 4 is 23.1 Å². The summed E-state index contributed by atoms with van der Waals surface area (Å²) in [5.41, 5.74) is 5.37. The quantitative estimate of drug-likeness (QED) is 0.384. The lowest BCUT2D eigenvalue weighted by atomic mass is 9.89. The van der Waals surface area contributed by atoms with Crippen molar-refractivity contribution in [2.75, 3.05) is 26.2 Å². The Morgan fingerprint density at radius 2 is 1.95 bits per heavy atom. The minimum Gasteiger partial charge on any atom is -0.493 e. The first-order chi connectivity index (χ1) is 18.1. The molecule has 0 saturated carbocycles. The summed E-state index contributed by atoms with van der Waals surface area (Å²) in [6, 6.07) is 18.0. The van der Waals surface area contributed by atoms with Crippen molar-refractivity contribution in [1.29, 1.82) is 0 Å². The first kappa shape index (κ1) is 25.3. The van der Waals surface area contributed by atoms with Crippen molar-refractivity contribution in [3.05, 3.63) is 94.3 Å². The Balaban J connectivity index is 1.29. The van der Waals surface area contributed by atoms with Crippen LogP contribution in [0.25, 0.3) is 5.57 Å². The van der Waals surface area contributed by atoms with Crippen LogP contribution in [-0.2, 0) is 11.4 Å². The highest BCUT2D eigenvalue weighted by molar-refractivity contribution is 6.30. The lowest BCUT2D eigenvalue weighted by Crippen LogP contribution is -2.33. The average molecular weight is 519 g/mol. The molecule has 0 spiro atoms. The number of carboxylic acids is 1. The van der Waals surface area contributed by atoms with E-state index in [1.54, 1.807) is 6.20 Å². The molecule has 37 heavy (non-hydrogen) atoms. The van der Waals surface area contributed by atoms with Gasteiger partial charge in [-0.3, -0.25) is 9.78 Å². The smallest absolute Gasteiger partial charge is 0.306 e. The van der Waals surface area contributed by atoms with E-state index in [4.69, 9.17) is 26.2 Å². The maximum atomic E-state index is 10.9. The molecule has 0 unspecified atom stereocenters. The second kappa shape index (κ2) is 11.8. The normalized spacial score (nSPS) is 16.9. The highest BCUT2D eigenvalue weighted by atomic mass is 35.5. The van der Waals surface area contributed by atoms with E-state index in [-0.39, 0.29) is 13.0 Å². The van der Waals surface area contributed by atoms with E-state index in [1.165, 1.54) is 5.56 Å². The number of hydrogen-bond acceptors (Lipinski definition) is 5. The van der Waals surface area contributed by atoms with Gasteiger partial charge in [-0.05, 0) is 85.8 Å². The second-order valence-electron chi connectivity index (χ2n) is 9.51. The van der Waals surface area contributed by atoms with Gasteiger partial charge in [0, 0.05) is 28.9 Å². The van der Waals surface area contributed by atoms with Crippen LogP contribution >= 0.6 is 11.6 Å². The van der Waals surface area contributed by atoms with Crippen molar-refractivity contribution in [2.45, 2.75) is 38.2 Å². The molecule has 0 amide bonds. The minimum absolute atomic E-state index is 0.0439. The zero-order valence-corrected chi connectivity index (χ0v) is 21.5. The van der Waals surface area contributed by atoms with Gasteiger partial charge in [-0.15, -0.1) is 0 Å². The zero-order chi connectivity index (χ0) is 25.6. The summed E-state index contributed by atoms with van der Waals surface area (Å²) in [7, 11) is 0. The fourth-order valence-electron chi connectivity index (χ4n) is 5.12. The molecule has 0 bridgehead atoms. The van der Waals surface area contributed by atoms with E-state index in [2.05, 4.69) is 34.2 Å². The summed E-state index contributed by atoms with van der Waals surface area (Å²) in [5.74, 6) is 1.12. The van der Waals surface area contributed by atoms with Crippen LogP contribution in [0.15, 0.2) is 66.9 Å². The third-order valence-corrected chi connectivity index (χ3v) is 7.35. The van der Waals surface area contributed by atoms with Gasteiger partial charge in [0.25, 0.3) is 0 Å². The maximum Gasteiger partial charge on any atom is 0.306 e. The monoisotopic (exact) mass is 518 g/mol. The van der Waals surface area contributed by atoms with Gasteiger partial charge in [-0.25, -0.2) is 0 Å². The fourth-order valence-corrected chi connectivity index (χ4v) is 5.24. The van der Waals surface area contributed by atoms with Crippen LogP contribution in [0, 0.1) is 0 Å². The zero-order valence-electron chi connectivity index (χ0n) is 20.7. The molecule has 7 heteroatoms. The van der Waals surface area contributed by atoms with E-state index in [0.29, 0.717) is 18.3 Å². The summed E-state index contributed by atoms with van der Waals surface area (Å²) in [5, 5.41) is 9.72. The van der Waals surface area contributed by atoms with Crippen LogP contribution in [0.2, 0.25) is 5.02 Å². The minimum atomic E-state index is -0.879. The first-order valence-electron chi connectivity index (χ1n) is 12.8. The highest BCUT2D eigenvalue weighted by Gasteiger charge is 2.22. The molecule has 192 valence electrons. The third-order valence-electron chi connectivity index (χ3n) is 7.09. The maximum absolute atomic E-state index is 10.9. The molecular formula is C30H31ClN2O4. The Morgan fingerprint density at radius 1 is 1.14 bits per heavy atom. The topological polar surface area (TPSA) is 71.9 Å². The molecule has 2 aliphatic rings. The first-order valence-corrected chi connectivity index (χ1v) is 13.2. The third kappa shape index (κ3) is 6.32. The summed E-state index contributed by atoms with van der Waals surface area (Å²) < 4.78 is 11.8. The Kier molecular flexibility index (Phi) is 8.07. The number of aliphatic carboxylic acids is 1. The average Bonchev–Trinajstić information content (AvgIpc) is 3.06. The molecule has 0 aliphatic carbocycles. The van der Waals surface area contributed by atoms with E-state index in [9.17, 15) is 4.79 Å². The van der Waals surface area contributed by atoms with Crippen LogP contribution in [0.5, 0.6) is 11.5 Å². The molecule has 2 aliphatic heterocycles. The Labute approximate surface area is 222 Å². The molecule has 1 fully saturated rings. The van der Waals surface area contributed by atoms with Gasteiger partial charge in [0.2, 0.25) is 0 Å². The summed E-state index contributed by atoms with van der Waals surface area (Å²) in [6.07, 6.45) is 7.23. The number of rotatable bonds is 8. The lowest BCUT2D eigenvalue weighted by molar-refractivity contribution is -0.137. The van der Waals surface area contributed by atoms with Gasteiger partial charge in [0.1, 0.15) is 18.1 Å². The Morgan fingerprint density at radius 3 is 2.73 bits per heavy atom. The van der Waals surface area contributed by atoms with Gasteiger partial charge in [-0.1, -0.05) is 35.9 Å². The molecule has 6 nitrogen and oxygen atoms in total. The lowest BCUT2D eigenvalue weighted by Gasteiger charge is -2.32. The largest absolute Gasteiger partial charge is 0.493 e. The van der Waals surface area contributed by atoms with Crippen LogP contribution in [0.3, 0.4) is 0 Å². The van der Waals surface area contributed by atoms with Crippen LogP contribution in [0.4, 0.5) is 0 Å². The number of pyridine rings is 1. The summed E-state index contributed by atoms with van der Waals surface area (Å²) in [6.45, 7) is 3.67. The predicted octanol–water partition coefficient (Wildman–Crippen LogP) is 6.18. The molecule has 0 atom stereocenters. The molecule has 1 aromatic heterocycles. The number of fused-ring (bicyclic) bond motifs is 2. The van der Waals surface area contributed by atoms with E-state index in [1.807, 2.05) is 36.4 Å². The van der Waals surface area contributed by atoms with Crippen molar-refractivity contribution in [1.82, 2.24) is 9.88 Å². The van der Waals surface area contributed by atoms with Crippen LogP contribution in [-0.4, -0.2) is 47.2 Å². The number of likely N-dealkylation sites (tertiary alicyclic amines) is 1. The van der Waals surface area contributed by atoms with Crippen molar-refractivity contribution in [2.24, 2.45) is 0 Å². The number of carboxylic acid groups (broad SMARTS) is 1. The molecule has 1 saturated heterocycles. The van der Waals surface area contributed by atoms with E-state index < -0.39 is 5.97 Å². The van der Waals surface area contributed by atoms with Gasteiger partial charge < -0.3 is 19.5 Å². The SMILES string of the molecule is O=C(O)CCOc1ccc2c(c1)/C(=C/CCN1CCC(c3ccc(Cl)cc3)CC1)c1cccnc1CO2. The van der Waals surface area contributed by atoms with Gasteiger partial charge >= 0.3 is 5.97 Å². The predicted molar refractivity (Wildman–Crippen MR) is 144 cm³/mol. The van der Waals surface area contributed by atoms with Crippen LogP contribution < -0.4 is 9.47 Å². The van der Waals surface area contributed by atoms with Crippen molar-refractivity contribution in [3.63, 3.8) is 0 Å². The molecular weight excluding hydrogens is 488 g/mol. The fraction of sp³-hybridized carbons (Fsp3) is 0.333. The van der Waals surface area contributed by atoms with Crippen molar-refractivity contribution in [3.8, 4) is 11.5 Å². The molecule has 3 aromatic rings.